The van der Waals surface area contributed by atoms with Gasteiger partial charge in [-0.1, -0.05) is 11.8 Å². The maximum atomic E-state index is 11.0. The quantitative estimate of drug-likeness (QED) is 0.847. The number of carbonyl (C=O) groups is 1. The number of hydrogen-bond acceptors (Lipinski definition) is 4. The Morgan fingerprint density at radius 1 is 1.20 bits per heavy atom. The van der Waals surface area contributed by atoms with Crippen molar-refractivity contribution in [2.24, 2.45) is 0 Å². The summed E-state index contributed by atoms with van der Waals surface area (Å²) in [5, 5.41) is 11.4. The Morgan fingerprint density at radius 2 is 1.85 bits per heavy atom. The van der Waals surface area contributed by atoms with E-state index in [1.165, 1.54) is 6.92 Å². The summed E-state index contributed by atoms with van der Waals surface area (Å²) in [7, 11) is 0. The first-order valence-electron chi connectivity index (χ1n) is 5.93. The van der Waals surface area contributed by atoms with Crippen LogP contribution in [0.25, 0.3) is 0 Å². The molecule has 5 heteroatoms. The minimum atomic E-state index is -0.149. The maximum Gasteiger partial charge on any atom is 0.221 e. The normalized spacial score (nSPS) is 9.80. The number of hydrogen-bond donors (Lipinski definition) is 2. The molecule has 0 aliphatic carbocycles. The summed E-state index contributed by atoms with van der Waals surface area (Å²) in [4.78, 5) is 13.0. The molecule has 0 unspecified atom stereocenters. The lowest BCUT2D eigenvalue weighted by Crippen LogP contribution is -2.07. The standard InChI is InChI=1S/C15H13N3OS/c1-10(19)18-15-7-6-13(8-14(15)17)20-12-4-2-11(9-16)3-5-12/h2-8H,17H2,1H3,(H,18,19). The Labute approximate surface area is 121 Å². The molecule has 0 saturated heterocycles. The topological polar surface area (TPSA) is 78.9 Å². The predicted octanol–water partition coefficient (Wildman–Crippen LogP) is 3.25. The minimum Gasteiger partial charge on any atom is -0.397 e. The molecule has 2 aromatic rings. The van der Waals surface area contributed by atoms with Crippen LogP contribution in [0.15, 0.2) is 52.3 Å². The van der Waals surface area contributed by atoms with E-state index in [0.29, 0.717) is 16.9 Å². The van der Waals surface area contributed by atoms with Crippen molar-refractivity contribution >= 4 is 29.0 Å². The molecule has 4 nitrogen and oxygen atoms in total. The smallest absolute Gasteiger partial charge is 0.221 e. The fourth-order valence-electron chi connectivity index (χ4n) is 1.64. The monoisotopic (exact) mass is 283 g/mol. The molecule has 0 aliphatic heterocycles. The van der Waals surface area contributed by atoms with Gasteiger partial charge in [-0.3, -0.25) is 4.79 Å². The minimum absolute atomic E-state index is 0.149. The number of amides is 1. The van der Waals surface area contributed by atoms with Gasteiger partial charge in [0.15, 0.2) is 0 Å². The first-order valence-corrected chi connectivity index (χ1v) is 6.75. The Hall–Kier alpha value is -2.45. The van der Waals surface area contributed by atoms with Crippen molar-refractivity contribution in [2.45, 2.75) is 16.7 Å². The van der Waals surface area contributed by atoms with Gasteiger partial charge in [0.05, 0.1) is 23.0 Å². The number of nitrogen functional groups attached to an aromatic ring is 1. The van der Waals surface area contributed by atoms with E-state index >= 15 is 0 Å². The average Bonchev–Trinajstić information content (AvgIpc) is 2.42. The van der Waals surface area contributed by atoms with Gasteiger partial charge in [-0.15, -0.1) is 0 Å². The number of nitrogens with one attached hydrogen (secondary N) is 1. The van der Waals surface area contributed by atoms with Gasteiger partial charge >= 0.3 is 0 Å². The van der Waals surface area contributed by atoms with Crippen LogP contribution in [0.1, 0.15) is 12.5 Å². The summed E-state index contributed by atoms with van der Waals surface area (Å²) in [6.45, 7) is 1.44. The van der Waals surface area contributed by atoms with Crippen LogP contribution in [0.5, 0.6) is 0 Å². The Balaban J connectivity index is 2.15. The van der Waals surface area contributed by atoms with Crippen LogP contribution in [0.4, 0.5) is 11.4 Å². The number of benzene rings is 2. The molecule has 0 aliphatic rings. The molecule has 0 spiro atoms. The number of rotatable bonds is 3. The molecule has 2 rings (SSSR count). The van der Waals surface area contributed by atoms with E-state index in [9.17, 15) is 4.79 Å². The van der Waals surface area contributed by atoms with Crippen LogP contribution >= 0.6 is 11.8 Å². The van der Waals surface area contributed by atoms with Crippen LogP contribution < -0.4 is 11.1 Å². The van der Waals surface area contributed by atoms with E-state index in [1.807, 2.05) is 24.3 Å². The van der Waals surface area contributed by atoms with Gasteiger partial charge in [0.1, 0.15) is 0 Å². The van der Waals surface area contributed by atoms with E-state index in [0.717, 1.165) is 9.79 Å². The molecule has 3 N–H and O–H groups in total. The first-order chi connectivity index (χ1) is 9.58. The summed E-state index contributed by atoms with van der Waals surface area (Å²) >= 11 is 1.55. The highest BCUT2D eigenvalue weighted by Gasteiger charge is 2.04. The highest BCUT2D eigenvalue weighted by atomic mass is 32.2. The second-order valence-corrected chi connectivity index (χ2v) is 5.32. The Bertz CT molecular complexity index is 675. The molecule has 0 radical (unpaired) electrons. The third kappa shape index (κ3) is 3.53. The van der Waals surface area contributed by atoms with Gasteiger partial charge in [-0.2, -0.15) is 5.26 Å². The molecular weight excluding hydrogens is 270 g/mol. The van der Waals surface area contributed by atoms with Gasteiger partial charge in [-0.25, -0.2) is 0 Å². The fraction of sp³-hybridized carbons (Fsp3) is 0.0667. The summed E-state index contributed by atoms with van der Waals surface area (Å²) in [6, 6.07) is 14.9. The van der Waals surface area contributed by atoms with E-state index < -0.39 is 0 Å². The molecular formula is C15H13N3OS. The summed E-state index contributed by atoms with van der Waals surface area (Å²) in [5.41, 5.74) is 7.67. The molecule has 0 heterocycles. The third-order valence-electron chi connectivity index (χ3n) is 2.55. The van der Waals surface area contributed by atoms with Crippen LogP contribution in [0.3, 0.4) is 0 Å². The van der Waals surface area contributed by atoms with Crippen molar-refractivity contribution in [3.8, 4) is 6.07 Å². The zero-order valence-electron chi connectivity index (χ0n) is 10.9. The lowest BCUT2D eigenvalue weighted by molar-refractivity contribution is -0.114. The molecule has 2 aromatic carbocycles. The third-order valence-corrected chi connectivity index (χ3v) is 3.55. The average molecular weight is 283 g/mol. The molecule has 20 heavy (non-hydrogen) atoms. The van der Waals surface area contributed by atoms with Crippen molar-refractivity contribution in [2.75, 3.05) is 11.1 Å². The van der Waals surface area contributed by atoms with Crippen molar-refractivity contribution in [3.05, 3.63) is 48.0 Å². The number of nitrogens with two attached hydrogens (primary N) is 1. The Morgan fingerprint density at radius 3 is 2.40 bits per heavy atom. The molecule has 0 bridgehead atoms. The lowest BCUT2D eigenvalue weighted by Gasteiger charge is -2.08. The number of nitrogens with zero attached hydrogens (tertiary/aromatic N) is 1. The summed E-state index contributed by atoms with van der Waals surface area (Å²) < 4.78 is 0. The zero-order chi connectivity index (χ0) is 14.5. The fourth-order valence-corrected chi connectivity index (χ4v) is 2.51. The number of anilines is 2. The van der Waals surface area contributed by atoms with Crippen molar-refractivity contribution in [1.29, 1.82) is 5.26 Å². The lowest BCUT2D eigenvalue weighted by atomic mass is 10.2. The Kier molecular flexibility index (Phi) is 4.28. The second-order valence-electron chi connectivity index (χ2n) is 4.17. The molecule has 0 aromatic heterocycles. The predicted molar refractivity (Wildman–Crippen MR) is 80.4 cm³/mol. The van der Waals surface area contributed by atoms with Gasteiger partial charge in [0.25, 0.3) is 0 Å². The van der Waals surface area contributed by atoms with Gasteiger partial charge in [0, 0.05) is 16.7 Å². The second kappa shape index (κ2) is 6.13. The van der Waals surface area contributed by atoms with E-state index in [-0.39, 0.29) is 5.91 Å². The zero-order valence-corrected chi connectivity index (χ0v) is 11.7. The molecule has 1 amide bonds. The maximum absolute atomic E-state index is 11.0. The first kappa shape index (κ1) is 14.0. The van der Waals surface area contributed by atoms with Crippen molar-refractivity contribution in [3.63, 3.8) is 0 Å². The van der Waals surface area contributed by atoms with Crippen molar-refractivity contribution in [1.82, 2.24) is 0 Å². The number of carbonyl (C=O) groups excluding carboxylic acids is 1. The van der Waals surface area contributed by atoms with Crippen molar-refractivity contribution < 1.29 is 4.79 Å². The SMILES string of the molecule is CC(=O)Nc1ccc(Sc2ccc(C#N)cc2)cc1N. The van der Waals surface area contributed by atoms with Gasteiger partial charge in [-0.05, 0) is 42.5 Å². The molecule has 0 fully saturated rings. The van der Waals surface area contributed by atoms with E-state index in [2.05, 4.69) is 11.4 Å². The highest BCUT2D eigenvalue weighted by molar-refractivity contribution is 7.99. The van der Waals surface area contributed by atoms with E-state index in [4.69, 9.17) is 11.0 Å². The molecule has 0 atom stereocenters. The van der Waals surface area contributed by atoms with Crippen LogP contribution in [-0.4, -0.2) is 5.91 Å². The van der Waals surface area contributed by atoms with Crippen LogP contribution in [0.2, 0.25) is 0 Å². The van der Waals surface area contributed by atoms with Gasteiger partial charge < -0.3 is 11.1 Å². The summed E-state index contributed by atoms with van der Waals surface area (Å²) in [5.74, 6) is -0.149. The molecule has 0 saturated carbocycles. The molecule has 100 valence electrons. The highest BCUT2D eigenvalue weighted by Crippen LogP contribution is 2.31. The van der Waals surface area contributed by atoms with E-state index in [1.54, 1.807) is 30.0 Å². The van der Waals surface area contributed by atoms with Crippen LogP contribution in [-0.2, 0) is 4.79 Å². The summed E-state index contributed by atoms with van der Waals surface area (Å²) in [6.07, 6.45) is 0. The van der Waals surface area contributed by atoms with Gasteiger partial charge in [0.2, 0.25) is 5.91 Å². The van der Waals surface area contributed by atoms with Crippen LogP contribution in [0, 0.1) is 11.3 Å². The number of nitriles is 1. The largest absolute Gasteiger partial charge is 0.397 e.